The van der Waals surface area contributed by atoms with Crippen molar-refractivity contribution in [3.63, 3.8) is 0 Å². The molecule has 1 atom stereocenters. The van der Waals surface area contributed by atoms with E-state index in [4.69, 9.17) is 23.2 Å². The molecule has 0 aliphatic carbocycles. The summed E-state index contributed by atoms with van der Waals surface area (Å²) in [5.74, 6) is 0.630. The number of halogens is 2. The molecule has 0 spiro atoms. The number of carbonyl (C=O) groups excluding carboxylic acids is 2. The van der Waals surface area contributed by atoms with Crippen LogP contribution in [0.5, 0.6) is 0 Å². The van der Waals surface area contributed by atoms with Gasteiger partial charge in [0.1, 0.15) is 6.04 Å². The van der Waals surface area contributed by atoms with Gasteiger partial charge in [0.25, 0.3) is 0 Å². The van der Waals surface area contributed by atoms with E-state index in [0.29, 0.717) is 22.2 Å². The Morgan fingerprint density at radius 3 is 2.32 bits per heavy atom. The molecule has 0 bridgehead atoms. The number of hydrogen-bond donors (Lipinski definition) is 1. The van der Waals surface area contributed by atoms with Gasteiger partial charge in [0, 0.05) is 35.8 Å². The average Bonchev–Trinajstić information content (AvgIpc) is 2.83. The minimum absolute atomic E-state index is 0.118. The number of likely N-dealkylation sites (N-methyl/N-ethyl adjacent to an activating group) is 1. The van der Waals surface area contributed by atoms with E-state index in [9.17, 15) is 9.59 Å². The van der Waals surface area contributed by atoms with E-state index in [1.54, 1.807) is 30.1 Å². The third-order valence-electron chi connectivity index (χ3n) is 5.49. The SMILES string of the molecule is CNC(=O)[C@H](Cc1ccccc1)N(Cc1ccc(Cl)cc1Cl)C(=O)CSCc1ccc(C)cc1. The molecule has 7 heteroatoms. The molecule has 4 nitrogen and oxygen atoms in total. The first-order chi connectivity index (χ1) is 16.4. The van der Waals surface area contributed by atoms with Crippen LogP contribution in [-0.2, 0) is 28.3 Å². The normalized spacial score (nSPS) is 11.6. The second-order valence-electron chi connectivity index (χ2n) is 8.06. The van der Waals surface area contributed by atoms with Gasteiger partial charge in [0.15, 0.2) is 0 Å². The van der Waals surface area contributed by atoms with Crippen molar-refractivity contribution in [3.05, 3.63) is 105 Å². The van der Waals surface area contributed by atoms with Crippen molar-refractivity contribution in [3.8, 4) is 0 Å². The van der Waals surface area contributed by atoms with Gasteiger partial charge in [-0.3, -0.25) is 9.59 Å². The molecule has 0 saturated carbocycles. The van der Waals surface area contributed by atoms with E-state index in [0.717, 1.165) is 16.7 Å². The lowest BCUT2D eigenvalue weighted by atomic mass is 10.0. The molecular formula is C27H28Cl2N2O2S. The number of amides is 2. The fourth-order valence-corrected chi connectivity index (χ4v) is 4.92. The number of rotatable bonds is 10. The van der Waals surface area contributed by atoms with E-state index in [2.05, 4.69) is 29.6 Å². The van der Waals surface area contributed by atoms with Crippen LogP contribution >= 0.6 is 35.0 Å². The Morgan fingerprint density at radius 2 is 1.68 bits per heavy atom. The number of thioether (sulfide) groups is 1. The van der Waals surface area contributed by atoms with Crippen LogP contribution in [0.3, 0.4) is 0 Å². The highest BCUT2D eigenvalue weighted by atomic mass is 35.5. The number of carbonyl (C=O) groups is 2. The zero-order chi connectivity index (χ0) is 24.5. The summed E-state index contributed by atoms with van der Waals surface area (Å²) in [6.45, 7) is 2.26. The Hall–Kier alpha value is -2.47. The average molecular weight is 516 g/mol. The van der Waals surface area contributed by atoms with Crippen LogP contribution < -0.4 is 5.32 Å². The van der Waals surface area contributed by atoms with E-state index < -0.39 is 6.04 Å². The van der Waals surface area contributed by atoms with Crippen LogP contribution in [0, 0.1) is 6.92 Å². The minimum Gasteiger partial charge on any atom is -0.357 e. The maximum atomic E-state index is 13.5. The first-order valence-electron chi connectivity index (χ1n) is 11.0. The van der Waals surface area contributed by atoms with Gasteiger partial charge in [0.05, 0.1) is 5.75 Å². The van der Waals surface area contributed by atoms with Crippen LogP contribution in [0.2, 0.25) is 10.0 Å². The van der Waals surface area contributed by atoms with Crippen LogP contribution in [-0.4, -0.2) is 35.6 Å². The molecule has 2 amide bonds. The van der Waals surface area contributed by atoms with Crippen molar-refractivity contribution in [1.82, 2.24) is 10.2 Å². The van der Waals surface area contributed by atoms with Crippen LogP contribution in [0.15, 0.2) is 72.8 Å². The van der Waals surface area contributed by atoms with Crippen molar-refractivity contribution in [2.24, 2.45) is 0 Å². The molecule has 3 rings (SSSR count). The third kappa shape index (κ3) is 7.52. The molecule has 0 aliphatic rings. The summed E-state index contributed by atoms with van der Waals surface area (Å²) in [4.78, 5) is 28.1. The predicted molar refractivity (Wildman–Crippen MR) is 142 cm³/mol. The molecule has 0 unspecified atom stereocenters. The quantitative estimate of drug-likeness (QED) is 0.365. The molecule has 3 aromatic carbocycles. The smallest absolute Gasteiger partial charge is 0.242 e. The number of benzene rings is 3. The lowest BCUT2D eigenvalue weighted by Gasteiger charge is -2.31. The van der Waals surface area contributed by atoms with Crippen molar-refractivity contribution < 1.29 is 9.59 Å². The lowest BCUT2D eigenvalue weighted by Crippen LogP contribution is -2.50. The van der Waals surface area contributed by atoms with E-state index in [1.165, 1.54) is 17.3 Å². The Balaban J connectivity index is 1.83. The van der Waals surface area contributed by atoms with Gasteiger partial charge in [-0.2, -0.15) is 0 Å². The van der Waals surface area contributed by atoms with Gasteiger partial charge in [-0.15, -0.1) is 11.8 Å². The summed E-state index contributed by atoms with van der Waals surface area (Å²) in [5.41, 5.74) is 4.07. The first-order valence-corrected chi connectivity index (χ1v) is 12.9. The maximum absolute atomic E-state index is 13.5. The fraction of sp³-hybridized carbons (Fsp3) is 0.259. The summed E-state index contributed by atoms with van der Waals surface area (Å²) in [6, 6.07) is 22.5. The van der Waals surface area contributed by atoms with Crippen molar-refractivity contribution in [2.45, 2.75) is 31.7 Å². The van der Waals surface area contributed by atoms with Gasteiger partial charge in [0.2, 0.25) is 11.8 Å². The van der Waals surface area contributed by atoms with E-state index >= 15 is 0 Å². The second-order valence-corrected chi connectivity index (χ2v) is 9.88. The van der Waals surface area contributed by atoms with Gasteiger partial charge in [-0.25, -0.2) is 0 Å². The number of aryl methyl sites for hydroxylation is 1. The highest BCUT2D eigenvalue weighted by molar-refractivity contribution is 7.99. The molecular weight excluding hydrogens is 487 g/mol. The molecule has 178 valence electrons. The summed E-state index contributed by atoms with van der Waals surface area (Å²) in [6.07, 6.45) is 0.403. The Bertz CT molecular complexity index is 1110. The Morgan fingerprint density at radius 1 is 0.971 bits per heavy atom. The number of nitrogens with one attached hydrogen (secondary N) is 1. The van der Waals surface area contributed by atoms with Crippen molar-refractivity contribution in [1.29, 1.82) is 0 Å². The van der Waals surface area contributed by atoms with Crippen molar-refractivity contribution >= 4 is 46.8 Å². The Labute approximate surface area is 215 Å². The topological polar surface area (TPSA) is 49.4 Å². The molecule has 0 aliphatic heterocycles. The zero-order valence-corrected chi connectivity index (χ0v) is 21.6. The second kappa shape index (κ2) is 12.8. The molecule has 0 aromatic heterocycles. The van der Waals surface area contributed by atoms with Gasteiger partial charge in [-0.1, -0.05) is 89.4 Å². The highest BCUT2D eigenvalue weighted by Gasteiger charge is 2.30. The molecule has 0 radical (unpaired) electrons. The monoisotopic (exact) mass is 514 g/mol. The molecule has 0 heterocycles. The van der Waals surface area contributed by atoms with E-state index in [1.807, 2.05) is 37.3 Å². The number of hydrogen-bond acceptors (Lipinski definition) is 3. The summed E-state index contributed by atoms with van der Waals surface area (Å²) in [5, 5.41) is 3.71. The molecule has 3 aromatic rings. The summed E-state index contributed by atoms with van der Waals surface area (Å²) < 4.78 is 0. The van der Waals surface area contributed by atoms with Gasteiger partial charge < -0.3 is 10.2 Å². The molecule has 34 heavy (non-hydrogen) atoms. The summed E-state index contributed by atoms with van der Waals surface area (Å²) >= 11 is 14.0. The van der Waals surface area contributed by atoms with Crippen molar-refractivity contribution in [2.75, 3.05) is 12.8 Å². The van der Waals surface area contributed by atoms with Crippen LogP contribution in [0.25, 0.3) is 0 Å². The minimum atomic E-state index is -0.674. The van der Waals surface area contributed by atoms with Crippen LogP contribution in [0.1, 0.15) is 22.3 Å². The third-order valence-corrected chi connectivity index (χ3v) is 7.06. The highest BCUT2D eigenvalue weighted by Crippen LogP contribution is 2.25. The molecule has 0 fully saturated rings. The zero-order valence-electron chi connectivity index (χ0n) is 19.3. The summed E-state index contributed by atoms with van der Waals surface area (Å²) in [7, 11) is 1.59. The van der Waals surface area contributed by atoms with Crippen LogP contribution in [0.4, 0.5) is 0 Å². The van der Waals surface area contributed by atoms with Gasteiger partial charge in [-0.05, 0) is 35.7 Å². The molecule has 1 N–H and O–H groups in total. The molecule has 0 saturated heterocycles. The van der Waals surface area contributed by atoms with Gasteiger partial charge >= 0.3 is 0 Å². The Kier molecular flexibility index (Phi) is 9.87. The maximum Gasteiger partial charge on any atom is 0.242 e. The standard InChI is InChI=1S/C27H28Cl2N2O2S/c1-19-8-10-21(11-9-19)17-34-18-26(32)31(16-22-12-13-23(28)15-24(22)29)25(27(33)30-2)14-20-6-4-3-5-7-20/h3-13,15,25H,14,16-18H2,1-2H3,(H,30,33)/t25-/m0/s1. The lowest BCUT2D eigenvalue weighted by molar-refractivity contribution is -0.139. The first kappa shape index (κ1) is 26.1. The largest absolute Gasteiger partial charge is 0.357 e. The number of nitrogens with zero attached hydrogens (tertiary/aromatic N) is 1. The fourth-order valence-electron chi connectivity index (χ4n) is 3.58. The predicted octanol–water partition coefficient (Wildman–Crippen LogP) is 5.92. The van der Waals surface area contributed by atoms with E-state index in [-0.39, 0.29) is 24.1 Å².